The van der Waals surface area contributed by atoms with Crippen LogP contribution >= 0.6 is 27.5 Å². The molecule has 1 aromatic carbocycles. The predicted molar refractivity (Wildman–Crippen MR) is 109 cm³/mol. The van der Waals surface area contributed by atoms with Crippen LogP contribution in [0.15, 0.2) is 52.1 Å². The van der Waals surface area contributed by atoms with E-state index in [-0.39, 0.29) is 11.7 Å². The zero-order chi connectivity index (χ0) is 18.5. The molecule has 0 aliphatic carbocycles. The molecule has 138 valence electrons. The maximum atomic E-state index is 12.4. The molecule has 5 nitrogen and oxygen atoms in total. The van der Waals surface area contributed by atoms with Crippen molar-refractivity contribution in [1.82, 2.24) is 5.32 Å². The lowest BCUT2D eigenvalue weighted by molar-refractivity contribution is 0.0995. The van der Waals surface area contributed by atoms with Crippen molar-refractivity contribution < 1.29 is 9.21 Å². The molecule has 2 aromatic rings. The van der Waals surface area contributed by atoms with Gasteiger partial charge in [0.05, 0.1) is 16.4 Å². The molecule has 1 saturated heterocycles. The van der Waals surface area contributed by atoms with Crippen molar-refractivity contribution in [2.75, 3.05) is 29.9 Å². The summed E-state index contributed by atoms with van der Waals surface area (Å²) in [5.74, 6) is -0.0584. The van der Waals surface area contributed by atoms with Crippen LogP contribution in [-0.4, -0.2) is 31.6 Å². The molecule has 1 aliphatic heterocycles. The van der Waals surface area contributed by atoms with Crippen LogP contribution in [0.3, 0.4) is 0 Å². The monoisotopic (exact) mass is 437 g/mol. The minimum Gasteiger partial charge on any atom is -0.444 e. The fourth-order valence-corrected chi connectivity index (χ4v) is 3.72. The van der Waals surface area contributed by atoms with E-state index >= 15 is 0 Å². The molecule has 1 aromatic heterocycles. The molecule has 0 spiro atoms. The molecule has 0 atom stereocenters. The van der Waals surface area contributed by atoms with Crippen LogP contribution in [0.2, 0.25) is 5.02 Å². The fraction of sp³-hybridized carbons (Fsp3) is 0.316. The van der Waals surface area contributed by atoms with E-state index in [4.69, 9.17) is 16.0 Å². The van der Waals surface area contributed by atoms with Gasteiger partial charge in [-0.25, -0.2) is 0 Å². The summed E-state index contributed by atoms with van der Waals surface area (Å²) < 4.78 is 5.84. The number of hydrogen-bond acceptors (Lipinski definition) is 4. The Bertz CT molecular complexity index is 785. The van der Waals surface area contributed by atoms with Crippen molar-refractivity contribution in [3.05, 3.63) is 58.4 Å². The van der Waals surface area contributed by atoms with Crippen LogP contribution in [0.25, 0.3) is 0 Å². The smallest absolute Gasteiger partial charge is 0.291 e. The number of nitrogens with zero attached hydrogens (tertiary/aromatic N) is 1. The Morgan fingerprint density at radius 2 is 2.12 bits per heavy atom. The number of rotatable bonds is 6. The number of nitrogens with one attached hydrogen (secondary N) is 2. The number of carbonyl (C=O) groups is 1. The molecule has 0 unspecified atom stereocenters. The number of para-hydroxylation sites is 1. The first-order valence-corrected chi connectivity index (χ1v) is 9.70. The van der Waals surface area contributed by atoms with Crippen LogP contribution in [0.5, 0.6) is 0 Å². The van der Waals surface area contributed by atoms with E-state index in [0.717, 1.165) is 38.2 Å². The van der Waals surface area contributed by atoms with E-state index in [1.165, 1.54) is 0 Å². The number of benzene rings is 1. The Morgan fingerprint density at radius 1 is 1.35 bits per heavy atom. The lowest BCUT2D eigenvalue weighted by atomic mass is 10.0. The van der Waals surface area contributed by atoms with Gasteiger partial charge in [-0.05, 0) is 53.0 Å². The zero-order valence-corrected chi connectivity index (χ0v) is 16.6. The van der Waals surface area contributed by atoms with Gasteiger partial charge in [-0.1, -0.05) is 23.7 Å². The molecule has 1 amide bonds. The molecule has 1 fully saturated rings. The Labute approximate surface area is 166 Å². The second-order valence-electron chi connectivity index (χ2n) is 6.15. The Hall–Kier alpha value is -1.76. The van der Waals surface area contributed by atoms with Gasteiger partial charge in [0.25, 0.3) is 5.91 Å². The molecule has 0 bridgehead atoms. The first-order valence-electron chi connectivity index (χ1n) is 8.53. The molecule has 7 heteroatoms. The standard InChI is InChI=1S/C19H21BrClN3O2/c1-2-10-22-13-8-11-24(12-9-13)18-14(21)4-3-5-15(18)23-19(25)16-6-7-17(20)26-16/h2-7,13,22H,1,8-12H2,(H,23,25). The first-order chi connectivity index (χ1) is 12.6. The molecule has 2 N–H and O–H groups in total. The summed E-state index contributed by atoms with van der Waals surface area (Å²) in [6.45, 7) is 6.30. The maximum Gasteiger partial charge on any atom is 0.291 e. The van der Waals surface area contributed by atoms with Crippen LogP contribution in [0.1, 0.15) is 23.4 Å². The Morgan fingerprint density at radius 3 is 2.77 bits per heavy atom. The quantitative estimate of drug-likeness (QED) is 0.642. The molecular formula is C19H21BrClN3O2. The zero-order valence-electron chi connectivity index (χ0n) is 14.3. The highest BCUT2D eigenvalue weighted by Crippen LogP contribution is 2.36. The minimum absolute atomic E-state index is 0.245. The average molecular weight is 439 g/mol. The van der Waals surface area contributed by atoms with Crippen LogP contribution < -0.4 is 15.5 Å². The number of anilines is 2. The molecule has 3 rings (SSSR count). The summed E-state index contributed by atoms with van der Waals surface area (Å²) in [7, 11) is 0. The maximum absolute atomic E-state index is 12.4. The topological polar surface area (TPSA) is 57.5 Å². The van der Waals surface area contributed by atoms with E-state index in [1.807, 2.05) is 24.3 Å². The number of amides is 1. The summed E-state index contributed by atoms with van der Waals surface area (Å²) in [4.78, 5) is 14.7. The Balaban J connectivity index is 1.74. The largest absolute Gasteiger partial charge is 0.444 e. The SMILES string of the molecule is C=CCNC1CCN(c2c(Cl)cccc2NC(=O)c2ccc(Br)o2)CC1. The van der Waals surface area contributed by atoms with Crippen LogP contribution in [0.4, 0.5) is 11.4 Å². The van der Waals surface area contributed by atoms with Gasteiger partial charge in [0.2, 0.25) is 0 Å². The van der Waals surface area contributed by atoms with Crippen molar-refractivity contribution in [3.8, 4) is 0 Å². The van der Waals surface area contributed by atoms with Gasteiger partial charge < -0.3 is 20.0 Å². The summed E-state index contributed by atoms with van der Waals surface area (Å²) in [6, 6.07) is 9.33. The Kier molecular flexibility index (Phi) is 6.40. The van der Waals surface area contributed by atoms with E-state index in [0.29, 0.717) is 21.4 Å². The lowest BCUT2D eigenvalue weighted by Crippen LogP contribution is -2.43. The third-order valence-corrected chi connectivity index (χ3v) is 5.13. The van der Waals surface area contributed by atoms with Crippen molar-refractivity contribution in [2.45, 2.75) is 18.9 Å². The van der Waals surface area contributed by atoms with Crippen molar-refractivity contribution in [1.29, 1.82) is 0 Å². The number of furan rings is 1. The number of piperidine rings is 1. The molecule has 26 heavy (non-hydrogen) atoms. The normalized spacial score (nSPS) is 15.1. The number of hydrogen-bond donors (Lipinski definition) is 2. The third-order valence-electron chi connectivity index (χ3n) is 4.39. The fourth-order valence-electron chi connectivity index (χ4n) is 3.12. The van der Waals surface area contributed by atoms with E-state index in [2.05, 4.69) is 38.0 Å². The molecule has 0 radical (unpaired) electrons. The van der Waals surface area contributed by atoms with Gasteiger partial charge in [0.15, 0.2) is 10.4 Å². The van der Waals surface area contributed by atoms with Crippen LogP contribution in [-0.2, 0) is 0 Å². The second kappa shape index (κ2) is 8.75. The highest BCUT2D eigenvalue weighted by Gasteiger charge is 2.23. The predicted octanol–water partition coefficient (Wildman–Crippen LogP) is 4.69. The van der Waals surface area contributed by atoms with E-state index in [1.54, 1.807) is 12.1 Å². The average Bonchev–Trinajstić information content (AvgIpc) is 3.07. The van der Waals surface area contributed by atoms with Gasteiger partial charge in [0, 0.05) is 25.7 Å². The van der Waals surface area contributed by atoms with Crippen LogP contribution in [0, 0.1) is 0 Å². The second-order valence-corrected chi connectivity index (χ2v) is 7.34. The molecule has 2 heterocycles. The first kappa shape index (κ1) is 19.0. The summed E-state index contributed by atoms with van der Waals surface area (Å²) in [5.41, 5.74) is 1.54. The van der Waals surface area contributed by atoms with Gasteiger partial charge >= 0.3 is 0 Å². The molecule has 1 aliphatic rings. The summed E-state index contributed by atoms with van der Waals surface area (Å²) in [6.07, 6.45) is 3.90. The van der Waals surface area contributed by atoms with Gasteiger partial charge in [-0.15, -0.1) is 6.58 Å². The highest BCUT2D eigenvalue weighted by atomic mass is 79.9. The van der Waals surface area contributed by atoms with E-state index < -0.39 is 0 Å². The molecule has 0 saturated carbocycles. The number of carbonyl (C=O) groups excluding carboxylic acids is 1. The van der Waals surface area contributed by atoms with Crippen molar-refractivity contribution in [2.24, 2.45) is 0 Å². The van der Waals surface area contributed by atoms with Gasteiger partial charge in [-0.2, -0.15) is 0 Å². The number of halogens is 2. The molecular weight excluding hydrogens is 418 g/mol. The third kappa shape index (κ3) is 4.50. The summed E-state index contributed by atoms with van der Waals surface area (Å²) >= 11 is 9.67. The summed E-state index contributed by atoms with van der Waals surface area (Å²) in [5, 5.41) is 7.01. The van der Waals surface area contributed by atoms with E-state index in [9.17, 15) is 4.79 Å². The highest BCUT2D eigenvalue weighted by molar-refractivity contribution is 9.10. The van der Waals surface area contributed by atoms with Gasteiger partial charge in [0.1, 0.15) is 0 Å². The van der Waals surface area contributed by atoms with Crippen molar-refractivity contribution in [3.63, 3.8) is 0 Å². The minimum atomic E-state index is -0.304. The van der Waals surface area contributed by atoms with Gasteiger partial charge in [-0.3, -0.25) is 4.79 Å². The lowest BCUT2D eigenvalue weighted by Gasteiger charge is -2.35. The van der Waals surface area contributed by atoms with Crippen molar-refractivity contribution >= 4 is 44.8 Å².